The van der Waals surface area contributed by atoms with Gasteiger partial charge in [0.1, 0.15) is 18.5 Å². The van der Waals surface area contributed by atoms with Crippen LogP contribution in [0.5, 0.6) is 5.75 Å². The van der Waals surface area contributed by atoms with E-state index >= 15 is 0 Å². The Hall–Kier alpha value is -3.95. The van der Waals surface area contributed by atoms with Gasteiger partial charge in [-0.25, -0.2) is 4.79 Å². The number of anilines is 3. The number of benzene rings is 3. The number of amides is 2. The Kier molecular flexibility index (Phi) is 11.5. The van der Waals surface area contributed by atoms with Crippen LogP contribution in [0.15, 0.2) is 89.8 Å². The highest BCUT2D eigenvalue weighted by Crippen LogP contribution is 2.41. The number of carbonyl (C=O) groups excluding carboxylic acids is 2. The number of aliphatic hydroxyl groups is 1. The summed E-state index contributed by atoms with van der Waals surface area (Å²) < 4.78 is 11.6. The molecular formula is C31H37N3O5S. The van der Waals surface area contributed by atoms with E-state index in [0.29, 0.717) is 35.7 Å². The first-order valence-corrected chi connectivity index (χ1v) is 14.2. The molecule has 0 aromatic heterocycles. The molecule has 0 bridgehead atoms. The quantitative estimate of drug-likeness (QED) is 0.104. The van der Waals surface area contributed by atoms with Crippen molar-refractivity contribution in [2.45, 2.75) is 37.7 Å². The molecule has 0 fully saturated rings. The lowest BCUT2D eigenvalue weighted by atomic mass is 9.78. The molecule has 0 spiro atoms. The molecule has 3 rings (SSSR count). The number of hydrogen-bond donors (Lipinski definition) is 4. The van der Waals surface area contributed by atoms with Gasteiger partial charge in [-0.1, -0.05) is 44.2 Å². The first-order chi connectivity index (χ1) is 19.2. The van der Waals surface area contributed by atoms with Gasteiger partial charge < -0.3 is 25.6 Å². The van der Waals surface area contributed by atoms with Gasteiger partial charge in [-0.05, 0) is 79.3 Å². The third-order valence-electron chi connectivity index (χ3n) is 6.24. The second-order valence-corrected chi connectivity index (χ2v) is 10.7. The molecule has 5 N–H and O–H groups in total. The fraction of sp³-hybridized carbons (Fsp3) is 0.290. The lowest BCUT2D eigenvalue weighted by Crippen LogP contribution is -2.29. The number of aliphatic hydroxyl groups excluding tert-OH is 1. The highest BCUT2D eigenvalue weighted by molar-refractivity contribution is 7.98. The monoisotopic (exact) mass is 563 g/mol. The zero-order valence-corrected chi connectivity index (χ0v) is 23.9. The summed E-state index contributed by atoms with van der Waals surface area (Å²) in [4.78, 5) is 26.4. The van der Waals surface area contributed by atoms with Gasteiger partial charge in [0, 0.05) is 16.0 Å². The average molecular weight is 564 g/mol. The van der Waals surface area contributed by atoms with Gasteiger partial charge in [-0.3, -0.25) is 10.1 Å². The van der Waals surface area contributed by atoms with E-state index < -0.39 is 17.6 Å². The van der Waals surface area contributed by atoms with Crippen molar-refractivity contribution in [3.8, 4) is 5.75 Å². The van der Waals surface area contributed by atoms with Gasteiger partial charge in [0.05, 0.1) is 18.0 Å². The molecule has 3 aromatic carbocycles. The fourth-order valence-electron chi connectivity index (χ4n) is 4.10. The van der Waals surface area contributed by atoms with Crippen LogP contribution in [-0.2, 0) is 9.53 Å². The van der Waals surface area contributed by atoms with Crippen molar-refractivity contribution >= 4 is 40.8 Å². The summed E-state index contributed by atoms with van der Waals surface area (Å²) in [5.74, 6) is 0.296. The summed E-state index contributed by atoms with van der Waals surface area (Å²) in [6.07, 6.45) is 5.25. The molecule has 0 aliphatic carbocycles. The van der Waals surface area contributed by atoms with Gasteiger partial charge >= 0.3 is 6.09 Å². The lowest BCUT2D eigenvalue weighted by molar-refractivity contribution is -0.111. The van der Waals surface area contributed by atoms with Crippen LogP contribution in [0.1, 0.15) is 38.4 Å². The maximum absolute atomic E-state index is 13.0. The van der Waals surface area contributed by atoms with Crippen LogP contribution in [0.2, 0.25) is 0 Å². The van der Waals surface area contributed by atoms with Crippen LogP contribution < -0.4 is 21.1 Å². The maximum Gasteiger partial charge on any atom is 0.412 e. The first kappa shape index (κ1) is 30.6. The summed E-state index contributed by atoms with van der Waals surface area (Å²) in [6.45, 7) is 4.08. The van der Waals surface area contributed by atoms with E-state index in [1.54, 1.807) is 48.2 Å². The summed E-state index contributed by atoms with van der Waals surface area (Å²) in [7, 11) is 0. The minimum atomic E-state index is -0.623. The smallest absolute Gasteiger partial charge is 0.412 e. The molecule has 9 heteroatoms. The van der Waals surface area contributed by atoms with Crippen LogP contribution >= 0.6 is 11.8 Å². The molecule has 0 saturated carbocycles. The van der Waals surface area contributed by atoms with Crippen LogP contribution in [-0.4, -0.2) is 36.6 Å². The van der Waals surface area contributed by atoms with Gasteiger partial charge in [-0.2, -0.15) is 0 Å². The van der Waals surface area contributed by atoms with Crippen molar-refractivity contribution in [1.29, 1.82) is 0 Å². The Bertz CT molecular complexity index is 1290. The van der Waals surface area contributed by atoms with Crippen molar-refractivity contribution in [2.24, 2.45) is 5.41 Å². The van der Waals surface area contributed by atoms with Crippen molar-refractivity contribution in [3.63, 3.8) is 0 Å². The van der Waals surface area contributed by atoms with Crippen LogP contribution in [0.25, 0.3) is 0 Å². The molecule has 0 unspecified atom stereocenters. The Balaban J connectivity index is 1.72. The molecule has 1 atom stereocenters. The second kappa shape index (κ2) is 15.0. The number of nitrogens with one attached hydrogen (secondary N) is 2. The van der Waals surface area contributed by atoms with E-state index in [-0.39, 0.29) is 19.1 Å². The van der Waals surface area contributed by atoms with E-state index in [2.05, 4.69) is 10.6 Å². The molecule has 0 aliphatic heterocycles. The molecule has 2 amide bonds. The van der Waals surface area contributed by atoms with Crippen molar-refractivity contribution in [3.05, 3.63) is 90.5 Å². The Morgan fingerprint density at radius 1 is 1.05 bits per heavy atom. The minimum Gasteiger partial charge on any atom is -0.491 e. The number of nitrogens with two attached hydrogens (primary N) is 1. The summed E-state index contributed by atoms with van der Waals surface area (Å²) in [6, 6.07) is 21.9. The summed E-state index contributed by atoms with van der Waals surface area (Å²) in [5.41, 5.74) is 7.83. The fourth-order valence-corrected chi connectivity index (χ4v) is 4.51. The molecule has 0 heterocycles. The van der Waals surface area contributed by atoms with E-state index in [9.17, 15) is 9.59 Å². The second-order valence-electron chi connectivity index (χ2n) is 9.79. The Labute approximate surface area is 240 Å². The van der Waals surface area contributed by atoms with Gasteiger partial charge in [0.2, 0.25) is 5.91 Å². The number of thioether (sulfide) groups is 1. The topological polar surface area (TPSA) is 123 Å². The molecule has 212 valence electrons. The normalized spacial score (nSPS) is 12.1. The molecule has 40 heavy (non-hydrogen) atoms. The Morgan fingerprint density at radius 2 is 1.80 bits per heavy atom. The third-order valence-corrected chi connectivity index (χ3v) is 6.98. The third kappa shape index (κ3) is 9.36. The van der Waals surface area contributed by atoms with Crippen molar-refractivity contribution in [1.82, 2.24) is 0 Å². The molecule has 0 saturated heterocycles. The number of para-hydroxylation sites is 2. The average Bonchev–Trinajstić information content (AvgIpc) is 2.94. The largest absolute Gasteiger partial charge is 0.491 e. The maximum atomic E-state index is 13.0. The molecule has 0 aliphatic rings. The van der Waals surface area contributed by atoms with Crippen LogP contribution in [0.4, 0.5) is 21.9 Å². The predicted molar refractivity (Wildman–Crippen MR) is 162 cm³/mol. The number of allylic oxidation sites excluding steroid dienone is 1. The van der Waals surface area contributed by atoms with Crippen LogP contribution in [0.3, 0.4) is 0 Å². The number of rotatable bonds is 13. The van der Waals surface area contributed by atoms with Gasteiger partial charge in [0.15, 0.2) is 0 Å². The van der Waals surface area contributed by atoms with Crippen molar-refractivity contribution < 1.29 is 24.2 Å². The predicted octanol–water partition coefficient (Wildman–Crippen LogP) is 6.65. The molecule has 8 nitrogen and oxygen atoms in total. The number of carbonyl (C=O) groups is 2. The highest BCUT2D eigenvalue weighted by atomic mass is 32.2. The number of ether oxygens (including phenoxy) is 2. The number of hydrogen-bond acceptors (Lipinski definition) is 7. The summed E-state index contributed by atoms with van der Waals surface area (Å²) >= 11 is 1.62. The summed E-state index contributed by atoms with van der Waals surface area (Å²) in [5, 5.41) is 14.7. The SMILES string of the molecule is CSc1ccc(NC(=O)O[C@H](c2cccc(OCCO)c2)C(C)(C)CC/C=C/C(=O)Nc2ccccc2N)cc1. The first-order valence-electron chi connectivity index (χ1n) is 13.0. The lowest BCUT2D eigenvalue weighted by Gasteiger charge is -2.34. The highest BCUT2D eigenvalue weighted by Gasteiger charge is 2.34. The molecular weight excluding hydrogens is 526 g/mol. The van der Waals surface area contributed by atoms with E-state index in [1.807, 2.05) is 62.6 Å². The zero-order valence-electron chi connectivity index (χ0n) is 23.1. The van der Waals surface area contributed by atoms with Gasteiger partial charge in [0.25, 0.3) is 0 Å². The molecule has 0 radical (unpaired) electrons. The standard InChI is InChI=1S/C31H37N3O5S/c1-31(2,18-7-6-13-28(36)34-27-12-5-4-11-26(27)32)29(22-9-8-10-24(21-22)38-20-19-35)39-30(37)33-23-14-16-25(40-3)17-15-23/h4-6,8-17,21,29,35H,7,18-20,32H2,1-3H3,(H,33,37)(H,34,36)/b13-6+/t29-/m1/s1. The van der Waals surface area contributed by atoms with Crippen LogP contribution in [0, 0.1) is 5.41 Å². The van der Waals surface area contributed by atoms with Gasteiger partial charge in [-0.15, -0.1) is 11.8 Å². The van der Waals surface area contributed by atoms with E-state index in [0.717, 1.165) is 10.5 Å². The molecule has 3 aromatic rings. The van der Waals surface area contributed by atoms with E-state index in [1.165, 1.54) is 6.08 Å². The Morgan fingerprint density at radius 3 is 2.50 bits per heavy atom. The number of nitrogen functional groups attached to an aromatic ring is 1. The van der Waals surface area contributed by atoms with E-state index in [4.69, 9.17) is 20.3 Å². The zero-order chi connectivity index (χ0) is 29.0. The minimum absolute atomic E-state index is 0.107. The van der Waals surface area contributed by atoms with Crippen molar-refractivity contribution in [2.75, 3.05) is 35.8 Å².